The van der Waals surface area contributed by atoms with Crippen LogP contribution in [0.3, 0.4) is 0 Å². The molecule has 1 aromatic carbocycles. The summed E-state index contributed by atoms with van der Waals surface area (Å²) in [7, 11) is -0.720. The average Bonchev–Trinajstić information content (AvgIpc) is 2.62. The van der Waals surface area contributed by atoms with Crippen molar-refractivity contribution in [3.63, 3.8) is 0 Å². The van der Waals surface area contributed by atoms with Crippen LogP contribution < -0.4 is 0 Å². The minimum atomic E-state index is -3.93. The summed E-state index contributed by atoms with van der Waals surface area (Å²) in [6.07, 6.45) is 3.17. The number of halogens is 1. The molecule has 140 valence electrons. The van der Waals surface area contributed by atoms with E-state index >= 15 is 0 Å². The van der Waals surface area contributed by atoms with Gasteiger partial charge in [-0.05, 0) is 37.5 Å². The highest BCUT2D eigenvalue weighted by molar-refractivity contribution is 7.89. The molecule has 0 aliphatic carbocycles. The van der Waals surface area contributed by atoms with E-state index in [1.165, 1.54) is 15.3 Å². The van der Waals surface area contributed by atoms with Gasteiger partial charge in [-0.1, -0.05) is 6.42 Å². The van der Waals surface area contributed by atoms with Crippen molar-refractivity contribution in [2.45, 2.75) is 30.6 Å². The number of ether oxygens (including phenoxy) is 1. The van der Waals surface area contributed by atoms with Gasteiger partial charge in [0.15, 0.2) is 0 Å². The first kappa shape index (κ1) is 19.8. The Morgan fingerprint density at radius 1 is 1.28 bits per heavy atom. The van der Waals surface area contributed by atoms with E-state index in [-0.39, 0.29) is 11.5 Å². The maximum absolute atomic E-state index is 14.2. The lowest BCUT2D eigenvalue weighted by Crippen LogP contribution is -2.36. The third kappa shape index (κ3) is 4.77. The molecule has 0 aromatic heterocycles. The van der Waals surface area contributed by atoms with Crippen LogP contribution in [0.1, 0.15) is 36.0 Å². The van der Waals surface area contributed by atoms with Crippen molar-refractivity contribution >= 4 is 15.9 Å². The summed E-state index contributed by atoms with van der Waals surface area (Å²) in [5.74, 6) is -1.17. The van der Waals surface area contributed by atoms with E-state index in [2.05, 4.69) is 0 Å². The van der Waals surface area contributed by atoms with Crippen LogP contribution in [0.5, 0.6) is 0 Å². The van der Waals surface area contributed by atoms with E-state index in [9.17, 15) is 17.6 Å². The number of carbonyl (C=O) groups is 1. The summed E-state index contributed by atoms with van der Waals surface area (Å²) in [6, 6.07) is 3.52. The van der Waals surface area contributed by atoms with Crippen LogP contribution in [-0.4, -0.2) is 63.9 Å². The second-order valence-electron chi connectivity index (χ2n) is 6.18. The van der Waals surface area contributed by atoms with Gasteiger partial charge in [0.05, 0.1) is 0 Å². The molecule has 2 rings (SSSR count). The van der Waals surface area contributed by atoms with Crippen LogP contribution in [0.25, 0.3) is 0 Å². The van der Waals surface area contributed by atoms with Gasteiger partial charge in [-0.3, -0.25) is 4.79 Å². The fourth-order valence-electron chi connectivity index (χ4n) is 2.85. The summed E-state index contributed by atoms with van der Waals surface area (Å²) in [5, 5.41) is 0. The summed E-state index contributed by atoms with van der Waals surface area (Å²) >= 11 is 0. The first-order valence-electron chi connectivity index (χ1n) is 8.42. The van der Waals surface area contributed by atoms with Gasteiger partial charge in [-0.25, -0.2) is 12.8 Å². The van der Waals surface area contributed by atoms with E-state index in [0.717, 1.165) is 31.4 Å². The predicted molar refractivity (Wildman–Crippen MR) is 92.5 cm³/mol. The summed E-state index contributed by atoms with van der Waals surface area (Å²) in [4.78, 5) is 13.5. The molecule has 1 heterocycles. The fraction of sp³-hybridized carbons (Fsp3) is 0.588. The van der Waals surface area contributed by atoms with Gasteiger partial charge in [0.25, 0.3) is 5.91 Å². The number of hydrogen-bond acceptors (Lipinski definition) is 4. The Hall–Kier alpha value is -1.51. The minimum Gasteiger partial charge on any atom is -0.385 e. The predicted octanol–water partition coefficient (Wildman–Crippen LogP) is 2.11. The zero-order valence-corrected chi connectivity index (χ0v) is 15.5. The largest absolute Gasteiger partial charge is 0.385 e. The Morgan fingerprint density at radius 3 is 2.60 bits per heavy atom. The topological polar surface area (TPSA) is 66.9 Å². The van der Waals surface area contributed by atoms with Crippen LogP contribution >= 0.6 is 0 Å². The first-order valence-corrected chi connectivity index (χ1v) is 9.86. The highest BCUT2D eigenvalue weighted by Crippen LogP contribution is 2.24. The lowest BCUT2D eigenvalue weighted by atomic mass is 10.2. The van der Waals surface area contributed by atoms with Crippen molar-refractivity contribution in [3.8, 4) is 0 Å². The molecule has 0 radical (unpaired) electrons. The molecule has 1 amide bonds. The molecule has 0 spiro atoms. The number of sulfonamides is 1. The highest BCUT2D eigenvalue weighted by atomic mass is 32.2. The number of hydrogen-bond donors (Lipinski definition) is 0. The van der Waals surface area contributed by atoms with Crippen LogP contribution in [0.15, 0.2) is 23.1 Å². The quantitative estimate of drug-likeness (QED) is 0.688. The molecule has 6 nitrogen and oxygen atoms in total. The van der Waals surface area contributed by atoms with Crippen LogP contribution in [0.2, 0.25) is 0 Å². The van der Waals surface area contributed by atoms with Crippen molar-refractivity contribution < 1.29 is 22.3 Å². The summed E-state index contributed by atoms with van der Waals surface area (Å²) in [6.45, 7) is 1.77. The molecule has 1 saturated heterocycles. The average molecular weight is 372 g/mol. The van der Waals surface area contributed by atoms with Gasteiger partial charge < -0.3 is 9.64 Å². The number of rotatable bonds is 7. The molecule has 0 bridgehead atoms. The molecule has 1 fully saturated rings. The standard InChI is InChI=1S/C17H25FN2O4S/c1-19(9-6-12-24-2)17(21)14-7-8-15(18)16(13-14)25(22,23)20-10-4-3-5-11-20/h7-8,13H,3-6,9-12H2,1-2H3. The Morgan fingerprint density at radius 2 is 1.96 bits per heavy atom. The Bertz CT molecular complexity index is 703. The molecule has 25 heavy (non-hydrogen) atoms. The van der Waals surface area contributed by atoms with E-state index in [1.54, 1.807) is 14.2 Å². The van der Waals surface area contributed by atoms with Crippen molar-refractivity contribution in [2.75, 3.05) is 40.4 Å². The van der Waals surface area contributed by atoms with Crippen LogP contribution in [0.4, 0.5) is 4.39 Å². The van der Waals surface area contributed by atoms with E-state index in [4.69, 9.17) is 4.74 Å². The molecule has 0 unspecified atom stereocenters. The maximum Gasteiger partial charge on any atom is 0.253 e. The molecule has 1 aliphatic heterocycles. The number of amides is 1. The lowest BCUT2D eigenvalue weighted by Gasteiger charge is -2.26. The number of benzene rings is 1. The van der Waals surface area contributed by atoms with Crippen molar-refractivity contribution in [3.05, 3.63) is 29.6 Å². The number of carbonyl (C=O) groups excluding carboxylic acids is 1. The zero-order chi connectivity index (χ0) is 18.4. The normalized spacial score (nSPS) is 16.0. The molecule has 8 heteroatoms. The van der Waals surface area contributed by atoms with Gasteiger partial charge in [-0.2, -0.15) is 4.31 Å². The number of piperidine rings is 1. The first-order chi connectivity index (χ1) is 11.9. The van der Waals surface area contributed by atoms with Crippen molar-refractivity contribution in [1.82, 2.24) is 9.21 Å². The molecular weight excluding hydrogens is 347 g/mol. The second kappa shape index (κ2) is 8.73. The molecule has 1 aliphatic rings. The van der Waals surface area contributed by atoms with Crippen molar-refractivity contribution in [1.29, 1.82) is 0 Å². The van der Waals surface area contributed by atoms with E-state index < -0.39 is 20.7 Å². The monoisotopic (exact) mass is 372 g/mol. The zero-order valence-electron chi connectivity index (χ0n) is 14.7. The third-order valence-corrected chi connectivity index (χ3v) is 6.21. The van der Waals surface area contributed by atoms with Gasteiger partial charge in [0.1, 0.15) is 10.7 Å². The van der Waals surface area contributed by atoms with Crippen LogP contribution in [-0.2, 0) is 14.8 Å². The fourth-order valence-corrected chi connectivity index (χ4v) is 4.45. The van der Waals surface area contributed by atoms with Gasteiger partial charge >= 0.3 is 0 Å². The van der Waals surface area contributed by atoms with Gasteiger partial charge in [0, 0.05) is 46.0 Å². The Balaban J connectivity index is 2.23. The van der Waals surface area contributed by atoms with E-state index in [0.29, 0.717) is 32.7 Å². The highest BCUT2D eigenvalue weighted by Gasteiger charge is 2.29. The molecule has 0 N–H and O–H groups in total. The van der Waals surface area contributed by atoms with E-state index in [1.807, 2.05) is 0 Å². The minimum absolute atomic E-state index is 0.164. The third-order valence-electron chi connectivity index (χ3n) is 4.30. The van der Waals surface area contributed by atoms with Gasteiger partial charge in [0.2, 0.25) is 10.0 Å². The SMILES string of the molecule is COCCCN(C)C(=O)c1ccc(F)c(S(=O)(=O)N2CCCCC2)c1. The number of methoxy groups -OCH3 is 1. The van der Waals surface area contributed by atoms with Gasteiger partial charge in [-0.15, -0.1) is 0 Å². The maximum atomic E-state index is 14.2. The van der Waals surface area contributed by atoms with Crippen molar-refractivity contribution in [2.24, 2.45) is 0 Å². The second-order valence-corrected chi connectivity index (χ2v) is 8.09. The lowest BCUT2D eigenvalue weighted by molar-refractivity contribution is 0.0779. The molecule has 0 saturated carbocycles. The Labute approximate surface area is 148 Å². The summed E-state index contributed by atoms with van der Waals surface area (Å²) in [5.41, 5.74) is 0.164. The smallest absolute Gasteiger partial charge is 0.253 e. The molecular formula is C17H25FN2O4S. The van der Waals surface area contributed by atoms with Crippen LogP contribution in [0, 0.1) is 5.82 Å². The molecule has 1 aromatic rings. The number of nitrogens with zero attached hydrogens (tertiary/aromatic N) is 2. The molecule has 0 atom stereocenters. The summed E-state index contributed by atoms with van der Waals surface area (Å²) < 4.78 is 45.9. The Kier molecular flexibility index (Phi) is 6.92.